The molecule has 0 fully saturated rings. The fraction of sp³-hybridized carbons (Fsp3) is 0.118. The average Bonchev–Trinajstić information content (AvgIpc) is 2.58. The predicted octanol–water partition coefficient (Wildman–Crippen LogP) is 1.79. The Bertz CT molecular complexity index is 749. The predicted molar refractivity (Wildman–Crippen MR) is 96.0 cm³/mol. The lowest BCUT2D eigenvalue weighted by Gasteiger charge is -2.15. The molecule has 2 amide bonds. The molecule has 124 valence electrons. The van der Waals surface area contributed by atoms with Gasteiger partial charge in [-0.05, 0) is 34.7 Å². The van der Waals surface area contributed by atoms with E-state index in [0.29, 0.717) is 11.1 Å². The van der Waals surface area contributed by atoms with Gasteiger partial charge in [0.15, 0.2) is 0 Å². The number of esters is 1. The van der Waals surface area contributed by atoms with E-state index in [4.69, 9.17) is 10.5 Å². The number of benzene rings is 2. The van der Waals surface area contributed by atoms with Crippen LogP contribution in [0.3, 0.4) is 0 Å². The van der Waals surface area contributed by atoms with E-state index in [1.807, 2.05) is 28.7 Å². The molecule has 0 saturated carbocycles. The van der Waals surface area contributed by atoms with E-state index in [1.54, 1.807) is 48.5 Å². The van der Waals surface area contributed by atoms with Gasteiger partial charge in [0, 0.05) is 9.13 Å². The van der Waals surface area contributed by atoms with Crippen LogP contribution in [0.15, 0.2) is 54.6 Å². The number of carbonyl (C=O) groups excluding carboxylic acids is 3. The summed E-state index contributed by atoms with van der Waals surface area (Å²) in [6.45, 7) is -0.361. The average molecular weight is 438 g/mol. The van der Waals surface area contributed by atoms with E-state index in [1.165, 1.54) is 0 Å². The molecule has 0 aromatic heterocycles. The topological polar surface area (TPSA) is 98.5 Å². The van der Waals surface area contributed by atoms with Crippen LogP contribution < -0.4 is 11.1 Å². The number of halogens is 1. The fourth-order valence-electron chi connectivity index (χ4n) is 1.98. The van der Waals surface area contributed by atoms with Crippen LogP contribution in [0.1, 0.15) is 22.0 Å². The first kappa shape index (κ1) is 17.9. The third-order valence-electron chi connectivity index (χ3n) is 3.12. The number of ether oxygens (including phenoxy) is 1. The van der Waals surface area contributed by atoms with Gasteiger partial charge in [0.1, 0.15) is 6.54 Å². The Kier molecular flexibility index (Phi) is 6.30. The van der Waals surface area contributed by atoms with Crippen molar-refractivity contribution in [3.05, 3.63) is 69.3 Å². The smallest absolute Gasteiger partial charge is 0.326 e. The van der Waals surface area contributed by atoms with Crippen molar-refractivity contribution in [3.63, 3.8) is 0 Å². The molecular formula is C17H15IN2O4. The molecule has 2 aromatic carbocycles. The molecule has 0 spiro atoms. The molecule has 0 heterocycles. The second kappa shape index (κ2) is 8.44. The zero-order valence-electron chi connectivity index (χ0n) is 12.6. The van der Waals surface area contributed by atoms with Crippen LogP contribution in [0.25, 0.3) is 0 Å². The number of hydrogen-bond donors (Lipinski definition) is 2. The molecule has 3 N–H and O–H groups in total. The highest BCUT2D eigenvalue weighted by Gasteiger charge is 2.22. The Balaban J connectivity index is 1.96. The molecule has 2 aromatic rings. The number of nitrogens with two attached hydrogens (primary N) is 1. The summed E-state index contributed by atoms with van der Waals surface area (Å²) in [5.74, 6) is -1.92. The van der Waals surface area contributed by atoms with Gasteiger partial charge in [-0.3, -0.25) is 14.4 Å². The minimum atomic E-state index is -1.19. The van der Waals surface area contributed by atoms with E-state index in [0.717, 1.165) is 3.57 Å². The van der Waals surface area contributed by atoms with Crippen LogP contribution in [0, 0.1) is 3.57 Å². The minimum absolute atomic E-state index is 0.361. The van der Waals surface area contributed by atoms with Gasteiger partial charge < -0.3 is 15.8 Å². The zero-order chi connectivity index (χ0) is 17.5. The maximum atomic E-state index is 12.0. The van der Waals surface area contributed by atoms with Crippen molar-refractivity contribution in [3.8, 4) is 0 Å². The van der Waals surface area contributed by atoms with Crippen LogP contribution in [0.5, 0.6) is 0 Å². The Hall–Kier alpha value is -2.42. The van der Waals surface area contributed by atoms with Crippen LogP contribution >= 0.6 is 22.6 Å². The molecule has 1 atom stereocenters. The molecule has 0 aliphatic carbocycles. The number of amides is 2. The number of nitrogens with one attached hydrogen (secondary N) is 1. The zero-order valence-corrected chi connectivity index (χ0v) is 14.7. The number of carbonyl (C=O) groups is 3. The summed E-state index contributed by atoms with van der Waals surface area (Å²) in [6.07, 6.45) is -1.19. The maximum Gasteiger partial charge on any atom is 0.326 e. The first-order valence-electron chi connectivity index (χ1n) is 7.05. The van der Waals surface area contributed by atoms with E-state index in [-0.39, 0.29) is 6.54 Å². The van der Waals surface area contributed by atoms with Crippen molar-refractivity contribution in [2.75, 3.05) is 6.54 Å². The molecule has 2 rings (SSSR count). The Labute approximate surface area is 152 Å². The van der Waals surface area contributed by atoms with Crippen molar-refractivity contribution in [2.45, 2.75) is 6.10 Å². The van der Waals surface area contributed by atoms with Gasteiger partial charge in [-0.25, -0.2) is 0 Å². The lowest BCUT2D eigenvalue weighted by molar-refractivity contribution is -0.154. The highest BCUT2D eigenvalue weighted by molar-refractivity contribution is 14.1. The monoisotopic (exact) mass is 438 g/mol. The first-order chi connectivity index (χ1) is 11.5. The summed E-state index contributed by atoms with van der Waals surface area (Å²) in [7, 11) is 0. The van der Waals surface area contributed by atoms with Crippen LogP contribution in [-0.4, -0.2) is 24.3 Å². The second-order valence-corrected chi connectivity index (χ2v) is 6.01. The van der Waals surface area contributed by atoms with Gasteiger partial charge >= 0.3 is 5.97 Å². The molecule has 0 radical (unpaired) electrons. The SMILES string of the molecule is NC(=O)C(OC(=O)CNC(=O)c1ccccc1I)c1ccccc1. The maximum absolute atomic E-state index is 12.0. The molecule has 0 aliphatic rings. The fourth-order valence-corrected chi connectivity index (χ4v) is 2.62. The van der Waals surface area contributed by atoms with E-state index >= 15 is 0 Å². The Morgan fingerprint density at radius 3 is 2.29 bits per heavy atom. The van der Waals surface area contributed by atoms with E-state index < -0.39 is 23.9 Å². The molecular weight excluding hydrogens is 423 g/mol. The summed E-state index contributed by atoms with van der Waals surface area (Å²) in [6, 6.07) is 15.4. The third kappa shape index (κ3) is 4.79. The van der Waals surface area contributed by atoms with Gasteiger partial charge in [0.2, 0.25) is 6.10 Å². The molecule has 0 saturated heterocycles. The lowest BCUT2D eigenvalue weighted by atomic mass is 10.1. The summed E-state index contributed by atoms with van der Waals surface area (Å²) in [4.78, 5) is 35.4. The van der Waals surface area contributed by atoms with Crippen LogP contribution in [0.4, 0.5) is 0 Å². The lowest BCUT2D eigenvalue weighted by Crippen LogP contribution is -2.34. The normalized spacial score (nSPS) is 11.4. The minimum Gasteiger partial charge on any atom is -0.446 e. The molecule has 7 heteroatoms. The molecule has 0 aliphatic heterocycles. The third-order valence-corrected chi connectivity index (χ3v) is 4.06. The highest BCUT2D eigenvalue weighted by atomic mass is 127. The van der Waals surface area contributed by atoms with Crippen molar-refractivity contribution in [1.82, 2.24) is 5.32 Å². The van der Waals surface area contributed by atoms with E-state index in [2.05, 4.69) is 5.32 Å². The second-order valence-electron chi connectivity index (χ2n) is 4.85. The Morgan fingerprint density at radius 2 is 1.67 bits per heavy atom. The highest BCUT2D eigenvalue weighted by Crippen LogP contribution is 2.16. The molecule has 24 heavy (non-hydrogen) atoms. The van der Waals surface area contributed by atoms with Crippen molar-refractivity contribution >= 4 is 40.4 Å². The largest absolute Gasteiger partial charge is 0.446 e. The molecule has 1 unspecified atom stereocenters. The first-order valence-corrected chi connectivity index (χ1v) is 8.13. The van der Waals surface area contributed by atoms with Gasteiger partial charge in [-0.1, -0.05) is 42.5 Å². The van der Waals surface area contributed by atoms with Crippen molar-refractivity contribution in [1.29, 1.82) is 0 Å². The van der Waals surface area contributed by atoms with Crippen molar-refractivity contribution < 1.29 is 19.1 Å². The van der Waals surface area contributed by atoms with E-state index in [9.17, 15) is 14.4 Å². The van der Waals surface area contributed by atoms with Crippen LogP contribution in [0.2, 0.25) is 0 Å². The summed E-state index contributed by atoms with van der Waals surface area (Å²) >= 11 is 2.03. The van der Waals surface area contributed by atoms with Crippen LogP contribution in [-0.2, 0) is 14.3 Å². The summed E-state index contributed by atoms with van der Waals surface area (Å²) < 4.78 is 5.85. The summed E-state index contributed by atoms with van der Waals surface area (Å²) in [5, 5.41) is 2.46. The van der Waals surface area contributed by atoms with Gasteiger partial charge in [-0.2, -0.15) is 0 Å². The van der Waals surface area contributed by atoms with Crippen molar-refractivity contribution in [2.24, 2.45) is 5.73 Å². The number of rotatable bonds is 6. The quantitative estimate of drug-likeness (QED) is 0.531. The molecule has 6 nitrogen and oxygen atoms in total. The molecule has 0 bridgehead atoms. The van der Waals surface area contributed by atoms with Gasteiger partial charge in [0.05, 0.1) is 5.56 Å². The Morgan fingerprint density at radius 1 is 1.04 bits per heavy atom. The standard InChI is InChI=1S/C17H15IN2O4/c18-13-9-5-4-8-12(13)17(23)20-10-14(21)24-15(16(19)22)11-6-2-1-3-7-11/h1-9,15H,10H2,(H2,19,22)(H,20,23). The van der Waals surface area contributed by atoms with Gasteiger partial charge in [0.25, 0.3) is 11.8 Å². The number of hydrogen-bond acceptors (Lipinski definition) is 4. The number of primary amides is 1. The summed E-state index contributed by atoms with van der Waals surface area (Å²) in [5.41, 5.74) is 6.21. The van der Waals surface area contributed by atoms with Gasteiger partial charge in [-0.15, -0.1) is 0 Å².